The minimum absolute atomic E-state index is 0.00810. The number of aryl methyl sites for hydroxylation is 3. The van der Waals surface area contributed by atoms with E-state index in [0.29, 0.717) is 61.9 Å². The molecule has 84 heavy (non-hydrogen) atoms. The number of pyridine rings is 3. The molecule has 0 spiro atoms. The normalized spacial score (nSPS) is 11.3. The van der Waals surface area contributed by atoms with Crippen molar-refractivity contribution in [3.8, 4) is 56.7 Å². The number of nitrogens with zero attached hydrogens (tertiary/aromatic N) is 16. The van der Waals surface area contributed by atoms with Crippen molar-refractivity contribution in [2.45, 2.75) is 20.8 Å². The molecule has 12 N–H and O–H groups in total. The number of aromatic nitrogens is 16. The number of hydrogen-bond donors (Lipinski definition) is 9. The Morgan fingerprint density at radius 3 is 1.54 bits per heavy atom. The topological polar surface area (TPSA) is 382 Å². The molecule has 12 aromatic rings. The Morgan fingerprint density at radius 1 is 0.429 bits per heavy atom. The number of anilines is 9. The standard InChI is InChI=1S/C53H40F3N25O3/c1-23-7-8-31(54)34(9-23)66-53(84)70-42-22-64-47(75-71-42)40-13-27(15-45-74-78-50(59)81(40)45)30-17-33(56)36(11-25(30)3)68-52(83)69-41-21-60-37(20-61-41)39-12-26(14-44-73-77-49(58)80(39)44)29-16-32(55)35(10-24(29)2)67-51(82)65-28-18-62-46(63-19-28)38-5-4-6-43-72-76-48(57)79(38)43/h4-22H,1-3H3,(H2,57,76)(H2,58,77)(H2,59,78)(H2,65,67,82)(H2,61,68,69,83)(H2,66,70,71,84). The number of hydrogen-bond acceptors (Lipinski definition) is 19. The molecule has 0 radical (unpaired) electrons. The average Bonchev–Trinajstić information content (AvgIpc) is 2.85. The second-order valence-electron chi connectivity index (χ2n) is 18.7. The SMILES string of the molecule is Cc1ccc(F)c(NC(=O)Nc2cnc(-c3cc(-c4cc(F)c(NC(=O)Nc5cnc(-c6cc(-c7cc(F)c(NC(=O)Nc8cnc(-c9cccc%10nnc(N)n9%10)nc8)cc7C)cc7nnc(N)n67)cn5)cc4C)cc4nnc(N)n34)nn2)c1. The number of nitrogens with two attached hydrogens (primary N) is 3. The van der Waals surface area contributed by atoms with Crippen LogP contribution in [0.4, 0.5) is 79.8 Å². The molecule has 6 amide bonds. The molecule has 9 heterocycles. The largest absolute Gasteiger partial charge is 0.368 e. The molecule has 31 heteroatoms. The number of nitrogens with one attached hydrogen (secondary N) is 6. The van der Waals surface area contributed by atoms with Gasteiger partial charge in [0, 0.05) is 0 Å². The monoisotopic (exact) mass is 1130 g/mol. The van der Waals surface area contributed by atoms with Crippen LogP contribution in [-0.4, -0.2) is 97.0 Å². The molecule has 3 aromatic carbocycles. The number of benzene rings is 3. The van der Waals surface area contributed by atoms with E-state index in [2.05, 4.69) is 97.6 Å². The van der Waals surface area contributed by atoms with Gasteiger partial charge >= 0.3 is 18.1 Å². The summed E-state index contributed by atoms with van der Waals surface area (Å²) in [5.74, 6) is -1.74. The van der Waals surface area contributed by atoms with Crippen molar-refractivity contribution in [3.63, 3.8) is 0 Å². The van der Waals surface area contributed by atoms with Crippen molar-refractivity contribution >= 4 is 87.3 Å². The smallest absolute Gasteiger partial charge is 0.325 e. The molecule has 0 bridgehead atoms. The van der Waals surface area contributed by atoms with Crippen LogP contribution in [0.2, 0.25) is 0 Å². The van der Waals surface area contributed by atoms with Crippen LogP contribution >= 0.6 is 0 Å². The molecular weight excluding hydrogens is 1090 g/mol. The highest BCUT2D eigenvalue weighted by molar-refractivity contribution is 6.01. The highest BCUT2D eigenvalue weighted by atomic mass is 19.1. The third-order valence-electron chi connectivity index (χ3n) is 13.0. The lowest BCUT2D eigenvalue weighted by Gasteiger charge is -2.14. The van der Waals surface area contributed by atoms with E-state index in [1.54, 1.807) is 73.7 Å². The number of urea groups is 3. The average molecular weight is 1130 g/mol. The van der Waals surface area contributed by atoms with Crippen LogP contribution in [0, 0.1) is 38.2 Å². The van der Waals surface area contributed by atoms with Crippen molar-refractivity contribution in [2.75, 3.05) is 49.1 Å². The Labute approximate surface area is 468 Å². The predicted octanol–water partition coefficient (Wildman–Crippen LogP) is 7.94. The number of nitrogen functional groups attached to an aromatic ring is 3. The zero-order valence-electron chi connectivity index (χ0n) is 43.7. The summed E-state index contributed by atoms with van der Waals surface area (Å²) < 4.78 is 50.7. The number of carbonyl (C=O) groups excluding carboxylic acids is 3. The molecule has 0 fully saturated rings. The third kappa shape index (κ3) is 10.2. The first-order chi connectivity index (χ1) is 40.5. The maximum atomic E-state index is 16.0. The minimum Gasteiger partial charge on any atom is -0.368 e. The number of halogens is 3. The van der Waals surface area contributed by atoms with Gasteiger partial charge in [-0.15, -0.1) is 40.8 Å². The van der Waals surface area contributed by atoms with E-state index < -0.39 is 35.5 Å². The molecule has 416 valence electrons. The first-order valence-corrected chi connectivity index (χ1v) is 24.8. The Kier molecular flexibility index (Phi) is 13.1. The van der Waals surface area contributed by atoms with Gasteiger partial charge in [-0.1, -0.05) is 12.1 Å². The molecule has 0 aliphatic carbocycles. The summed E-state index contributed by atoms with van der Waals surface area (Å²) in [5, 5.41) is 47.5. The molecule has 12 rings (SSSR count). The van der Waals surface area contributed by atoms with Gasteiger partial charge in [0.1, 0.15) is 23.1 Å². The summed E-state index contributed by atoms with van der Waals surface area (Å²) in [6.45, 7) is 5.19. The van der Waals surface area contributed by atoms with E-state index in [-0.39, 0.29) is 75.1 Å². The summed E-state index contributed by atoms with van der Waals surface area (Å²) in [6.07, 6.45) is 6.63. The zero-order chi connectivity index (χ0) is 58.5. The van der Waals surface area contributed by atoms with Crippen LogP contribution < -0.4 is 49.1 Å². The zero-order valence-corrected chi connectivity index (χ0v) is 43.7. The predicted molar refractivity (Wildman–Crippen MR) is 302 cm³/mol. The number of carbonyl (C=O) groups is 3. The van der Waals surface area contributed by atoms with E-state index >= 15 is 8.78 Å². The molecule has 0 unspecified atom stereocenters. The highest BCUT2D eigenvalue weighted by Crippen LogP contribution is 2.35. The molecular formula is C53H40F3N25O3. The van der Waals surface area contributed by atoms with Crippen molar-refractivity contribution in [3.05, 3.63) is 150 Å². The van der Waals surface area contributed by atoms with Gasteiger partial charge in [-0.2, -0.15) is 0 Å². The summed E-state index contributed by atoms with van der Waals surface area (Å²) in [6, 6.07) is 19.1. The molecule has 0 saturated carbocycles. The third-order valence-corrected chi connectivity index (χ3v) is 13.0. The summed E-state index contributed by atoms with van der Waals surface area (Å²) in [7, 11) is 0. The van der Waals surface area contributed by atoms with Crippen molar-refractivity contribution in [1.82, 2.24) is 78.9 Å². The van der Waals surface area contributed by atoms with Crippen LogP contribution in [0.25, 0.3) is 73.6 Å². The molecule has 0 atom stereocenters. The summed E-state index contributed by atoms with van der Waals surface area (Å²) >= 11 is 0. The van der Waals surface area contributed by atoms with Gasteiger partial charge in [0.05, 0.1) is 70.8 Å². The second kappa shape index (κ2) is 21.1. The van der Waals surface area contributed by atoms with Gasteiger partial charge in [-0.05, 0) is 133 Å². The summed E-state index contributed by atoms with van der Waals surface area (Å²) in [4.78, 5) is 61.0. The first-order valence-electron chi connectivity index (χ1n) is 24.8. The Balaban J connectivity index is 0.717. The van der Waals surface area contributed by atoms with Gasteiger partial charge < -0.3 is 38.5 Å². The first kappa shape index (κ1) is 52.4. The fourth-order valence-corrected chi connectivity index (χ4v) is 9.12. The van der Waals surface area contributed by atoms with Crippen LogP contribution in [-0.2, 0) is 0 Å². The van der Waals surface area contributed by atoms with Crippen LogP contribution in [0.5, 0.6) is 0 Å². The van der Waals surface area contributed by atoms with E-state index in [4.69, 9.17) is 17.2 Å². The van der Waals surface area contributed by atoms with Gasteiger partial charge in [0.2, 0.25) is 17.8 Å². The fraction of sp³-hybridized carbons (Fsp3) is 0.0566. The lowest BCUT2D eigenvalue weighted by molar-refractivity contribution is 0.261. The molecule has 0 aliphatic heterocycles. The van der Waals surface area contributed by atoms with Gasteiger partial charge in [0.15, 0.2) is 40.2 Å². The van der Waals surface area contributed by atoms with Gasteiger partial charge in [0.25, 0.3) is 0 Å². The molecule has 0 saturated heterocycles. The Bertz CT molecular complexity index is 4630. The van der Waals surface area contributed by atoms with E-state index in [1.807, 2.05) is 0 Å². The molecule has 9 aromatic heterocycles. The van der Waals surface area contributed by atoms with Crippen molar-refractivity contribution in [1.29, 1.82) is 0 Å². The highest BCUT2D eigenvalue weighted by Gasteiger charge is 2.22. The quantitative estimate of drug-likeness (QED) is 0.0593. The van der Waals surface area contributed by atoms with Crippen molar-refractivity contribution < 1.29 is 27.6 Å². The maximum absolute atomic E-state index is 16.0. The van der Waals surface area contributed by atoms with Crippen LogP contribution in [0.1, 0.15) is 16.7 Å². The summed E-state index contributed by atoms with van der Waals surface area (Å²) in [5.41, 5.74) is 24.4. The van der Waals surface area contributed by atoms with E-state index in [0.717, 1.165) is 5.56 Å². The maximum Gasteiger partial charge on any atom is 0.325 e. The van der Waals surface area contributed by atoms with E-state index in [1.165, 1.54) is 76.2 Å². The van der Waals surface area contributed by atoms with Gasteiger partial charge in [-0.3, -0.25) is 23.8 Å². The van der Waals surface area contributed by atoms with Gasteiger partial charge in [-0.25, -0.2) is 52.5 Å². The number of amides is 6. The second-order valence-corrected chi connectivity index (χ2v) is 18.7. The van der Waals surface area contributed by atoms with Crippen LogP contribution in [0.3, 0.4) is 0 Å². The number of fused-ring (bicyclic) bond motifs is 3. The van der Waals surface area contributed by atoms with E-state index in [9.17, 15) is 18.8 Å². The number of rotatable bonds is 11. The minimum atomic E-state index is -0.846. The Hall–Kier alpha value is -12.3. The Morgan fingerprint density at radius 2 is 0.952 bits per heavy atom. The fourth-order valence-electron chi connectivity index (χ4n) is 9.12. The lowest BCUT2D eigenvalue weighted by Crippen LogP contribution is -2.21. The lowest BCUT2D eigenvalue weighted by atomic mass is 9.99. The van der Waals surface area contributed by atoms with Crippen LogP contribution in [0.15, 0.2) is 116 Å². The molecule has 28 nitrogen and oxygen atoms in total. The van der Waals surface area contributed by atoms with Crippen molar-refractivity contribution in [2.24, 2.45) is 0 Å². The molecule has 0 aliphatic rings.